The van der Waals surface area contributed by atoms with Crippen LogP contribution in [0, 0.1) is 5.92 Å². The van der Waals surface area contributed by atoms with E-state index >= 15 is 0 Å². The van der Waals surface area contributed by atoms with Crippen LogP contribution in [-0.2, 0) is 15.8 Å². The lowest BCUT2D eigenvalue weighted by Gasteiger charge is -2.17. The Morgan fingerprint density at radius 3 is 2.62 bits per heavy atom. The third kappa shape index (κ3) is 6.54. The number of nitrogens with one attached hydrogen (secondary N) is 1. The second-order valence-electron chi connectivity index (χ2n) is 5.59. The van der Waals surface area contributed by atoms with Crippen LogP contribution in [0.15, 0.2) is 24.3 Å². The van der Waals surface area contributed by atoms with E-state index in [9.17, 15) is 8.42 Å². The molecule has 0 spiro atoms. The highest BCUT2D eigenvalue weighted by molar-refractivity contribution is 7.88. The molecule has 0 bridgehead atoms. The maximum atomic E-state index is 12.2. The molecule has 0 aliphatic carbocycles. The van der Waals surface area contributed by atoms with Gasteiger partial charge in [-0.05, 0) is 30.9 Å². The van der Waals surface area contributed by atoms with Crippen LogP contribution < -0.4 is 10.5 Å². The smallest absolute Gasteiger partial charge is 0.216 e. The van der Waals surface area contributed by atoms with Gasteiger partial charge in [-0.3, -0.25) is 0 Å². The van der Waals surface area contributed by atoms with E-state index in [1.54, 1.807) is 24.3 Å². The number of nitrogens with two attached hydrogens (primary N) is 1. The first-order valence-electron chi connectivity index (χ1n) is 7.12. The summed E-state index contributed by atoms with van der Waals surface area (Å²) in [5, 5.41) is 0. The van der Waals surface area contributed by atoms with Crippen LogP contribution in [0.5, 0.6) is 0 Å². The Bertz CT molecular complexity index is 585. The van der Waals surface area contributed by atoms with Crippen molar-refractivity contribution in [1.82, 2.24) is 4.72 Å². The predicted octanol–water partition coefficient (Wildman–Crippen LogP) is 2.56. The fraction of sp³-hybridized carbons (Fsp3) is 0.533. The van der Waals surface area contributed by atoms with Gasteiger partial charge in [0.1, 0.15) is 4.99 Å². The van der Waals surface area contributed by atoms with Crippen LogP contribution in [0.1, 0.15) is 44.7 Å². The van der Waals surface area contributed by atoms with Gasteiger partial charge in [-0.2, -0.15) is 0 Å². The Morgan fingerprint density at radius 2 is 2.05 bits per heavy atom. The van der Waals surface area contributed by atoms with Gasteiger partial charge in [0.05, 0.1) is 5.75 Å². The van der Waals surface area contributed by atoms with E-state index in [1.807, 2.05) is 6.92 Å². The molecule has 0 fully saturated rings. The molecule has 0 aliphatic heterocycles. The summed E-state index contributed by atoms with van der Waals surface area (Å²) in [7, 11) is -3.36. The van der Waals surface area contributed by atoms with E-state index in [2.05, 4.69) is 18.6 Å². The van der Waals surface area contributed by atoms with Crippen molar-refractivity contribution in [2.75, 3.05) is 0 Å². The molecule has 0 saturated carbocycles. The largest absolute Gasteiger partial charge is 0.389 e. The second-order valence-corrected chi connectivity index (χ2v) is 7.79. The van der Waals surface area contributed by atoms with Crippen molar-refractivity contribution in [1.29, 1.82) is 0 Å². The lowest BCUT2D eigenvalue weighted by molar-refractivity contribution is 0.445. The van der Waals surface area contributed by atoms with Crippen molar-refractivity contribution in [3.63, 3.8) is 0 Å². The van der Waals surface area contributed by atoms with Gasteiger partial charge in [0.2, 0.25) is 10.0 Å². The topological polar surface area (TPSA) is 72.2 Å². The number of benzene rings is 1. The third-order valence-electron chi connectivity index (χ3n) is 3.40. The van der Waals surface area contributed by atoms with E-state index in [4.69, 9.17) is 18.0 Å². The summed E-state index contributed by atoms with van der Waals surface area (Å²) in [5.74, 6) is 0.439. The average molecular weight is 329 g/mol. The van der Waals surface area contributed by atoms with Crippen LogP contribution in [0.3, 0.4) is 0 Å². The van der Waals surface area contributed by atoms with Crippen molar-refractivity contribution < 1.29 is 8.42 Å². The highest BCUT2D eigenvalue weighted by atomic mass is 32.2. The van der Waals surface area contributed by atoms with Gasteiger partial charge in [0.25, 0.3) is 0 Å². The van der Waals surface area contributed by atoms with Crippen LogP contribution in [0.4, 0.5) is 0 Å². The van der Waals surface area contributed by atoms with Crippen molar-refractivity contribution in [2.45, 2.75) is 45.4 Å². The van der Waals surface area contributed by atoms with Crippen LogP contribution >= 0.6 is 12.2 Å². The standard InChI is InChI=1S/C15H24N2O2S2/c1-4-11(2)8-12(3)17-21(18,19)10-13-6-5-7-14(9-13)15(16)20/h5-7,9,11-12,17H,4,8,10H2,1-3H3,(H2,16,20). The Kier molecular flexibility index (Phi) is 6.77. The molecule has 118 valence electrons. The summed E-state index contributed by atoms with van der Waals surface area (Å²) in [6.45, 7) is 6.12. The van der Waals surface area contributed by atoms with Gasteiger partial charge in [0.15, 0.2) is 0 Å². The maximum Gasteiger partial charge on any atom is 0.216 e. The van der Waals surface area contributed by atoms with E-state index in [0.717, 1.165) is 12.8 Å². The molecular formula is C15H24N2O2S2. The van der Waals surface area contributed by atoms with E-state index in [-0.39, 0.29) is 16.8 Å². The zero-order valence-corrected chi connectivity index (χ0v) is 14.4. The van der Waals surface area contributed by atoms with Crippen LogP contribution in [0.2, 0.25) is 0 Å². The molecule has 0 aliphatic rings. The van der Waals surface area contributed by atoms with Gasteiger partial charge in [-0.25, -0.2) is 13.1 Å². The number of thiocarbonyl (C=S) groups is 1. The van der Waals surface area contributed by atoms with Crippen molar-refractivity contribution >= 4 is 27.2 Å². The minimum atomic E-state index is -3.36. The van der Waals surface area contributed by atoms with Crippen molar-refractivity contribution in [3.8, 4) is 0 Å². The molecule has 1 rings (SSSR count). The Hall–Kier alpha value is -0.980. The molecule has 0 aromatic heterocycles. The van der Waals surface area contributed by atoms with Crippen LogP contribution in [0.25, 0.3) is 0 Å². The molecule has 0 heterocycles. The summed E-state index contributed by atoms with van der Waals surface area (Å²) in [6, 6.07) is 6.96. The highest BCUT2D eigenvalue weighted by Crippen LogP contribution is 2.13. The summed E-state index contributed by atoms with van der Waals surface area (Å²) in [6.07, 6.45) is 1.88. The first-order valence-corrected chi connectivity index (χ1v) is 9.18. The normalized spacial score (nSPS) is 14.6. The molecule has 2 atom stereocenters. The summed E-state index contributed by atoms with van der Waals surface area (Å²) in [5.41, 5.74) is 6.93. The molecule has 1 aromatic rings. The van der Waals surface area contributed by atoms with Crippen LogP contribution in [-0.4, -0.2) is 19.4 Å². The minimum absolute atomic E-state index is 0.0612. The zero-order chi connectivity index (χ0) is 16.0. The van der Waals surface area contributed by atoms with Gasteiger partial charge < -0.3 is 5.73 Å². The Balaban J connectivity index is 2.72. The fourth-order valence-corrected chi connectivity index (χ4v) is 3.74. The minimum Gasteiger partial charge on any atom is -0.389 e. The Morgan fingerprint density at radius 1 is 1.38 bits per heavy atom. The number of hydrogen-bond acceptors (Lipinski definition) is 3. The lowest BCUT2D eigenvalue weighted by Crippen LogP contribution is -2.34. The number of sulfonamides is 1. The summed E-state index contributed by atoms with van der Waals surface area (Å²) in [4.78, 5) is 0.271. The molecule has 21 heavy (non-hydrogen) atoms. The predicted molar refractivity (Wildman–Crippen MR) is 91.6 cm³/mol. The monoisotopic (exact) mass is 328 g/mol. The third-order valence-corrected chi connectivity index (χ3v) is 5.11. The quantitative estimate of drug-likeness (QED) is 0.719. The molecule has 3 N–H and O–H groups in total. The number of hydrogen-bond donors (Lipinski definition) is 2. The highest BCUT2D eigenvalue weighted by Gasteiger charge is 2.17. The molecular weight excluding hydrogens is 304 g/mol. The lowest BCUT2D eigenvalue weighted by atomic mass is 10.0. The first-order chi connectivity index (χ1) is 9.73. The SMILES string of the molecule is CCC(C)CC(C)NS(=O)(=O)Cc1cccc(C(N)=S)c1. The molecule has 0 amide bonds. The van der Waals surface area contributed by atoms with E-state index in [0.29, 0.717) is 17.0 Å². The molecule has 0 saturated heterocycles. The molecule has 0 radical (unpaired) electrons. The second kappa shape index (κ2) is 7.87. The van der Waals surface area contributed by atoms with Crippen molar-refractivity contribution in [2.24, 2.45) is 11.7 Å². The van der Waals surface area contributed by atoms with E-state index < -0.39 is 10.0 Å². The maximum absolute atomic E-state index is 12.2. The molecule has 6 heteroatoms. The molecule has 1 aromatic carbocycles. The average Bonchev–Trinajstić information content (AvgIpc) is 2.37. The van der Waals surface area contributed by atoms with Crippen molar-refractivity contribution in [3.05, 3.63) is 35.4 Å². The Labute approximate surface area is 133 Å². The molecule has 2 unspecified atom stereocenters. The van der Waals surface area contributed by atoms with Gasteiger partial charge >= 0.3 is 0 Å². The fourth-order valence-electron chi connectivity index (χ4n) is 2.20. The molecule has 4 nitrogen and oxygen atoms in total. The summed E-state index contributed by atoms with van der Waals surface area (Å²) >= 11 is 4.91. The van der Waals surface area contributed by atoms with Gasteiger partial charge in [-0.1, -0.05) is 50.7 Å². The van der Waals surface area contributed by atoms with Gasteiger partial charge in [-0.15, -0.1) is 0 Å². The summed E-state index contributed by atoms with van der Waals surface area (Å²) < 4.78 is 27.1. The zero-order valence-electron chi connectivity index (χ0n) is 12.8. The van der Waals surface area contributed by atoms with E-state index in [1.165, 1.54) is 0 Å². The van der Waals surface area contributed by atoms with Gasteiger partial charge in [0, 0.05) is 11.6 Å². The first kappa shape index (κ1) is 18.1. The number of rotatable bonds is 8.